The molecule has 0 radical (unpaired) electrons. The summed E-state index contributed by atoms with van der Waals surface area (Å²) in [4.78, 5) is 31.4. The lowest BCUT2D eigenvalue weighted by atomic mass is 10.1. The molecule has 25 heavy (non-hydrogen) atoms. The van der Waals surface area contributed by atoms with E-state index in [4.69, 9.17) is 0 Å². The molecule has 1 fully saturated rings. The molecule has 130 valence electrons. The van der Waals surface area contributed by atoms with Crippen molar-refractivity contribution in [1.82, 2.24) is 14.8 Å². The lowest BCUT2D eigenvalue weighted by Gasteiger charge is -2.38. The summed E-state index contributed by atoms with van der Waals surface area (Å²) in [5.41, 5.74) is 1.15. The number of nitrogens with zero attached hydrogens (tertiary/aromatic N) is 4. The summed E-state index contributed by atoms with van der Waals surface area (Å²) in [6.07, 6.45) is 3.61. The van der Waals surface area contributed by atoms with Gasteiger partial charge < -0.3 is 4.90 Å². The van der Waals surface area contributed by atoms with E-state index in [1.54, 1.807) is 23.2 Å². The molecule has 1 amide bonds. The van der Waals surface area contributed by atoms with E-state index in [0.717, 1.165) is 18.7 Å². The standard InChI is InChI=1S/C18H20N4O3/c1-14(15-5-4-8-19-13-15)20-9-11-21(12-10-20)18(23)16-6-2-3-7-17(16)22(24)25/h2-8,13-14H,9-12H2,1H3. The van der Waals surface area contributed by atoms with Crippen molar-refractivity contribution in [1.29, 1.82) is 0 Å². The Bertz CT molecular complexity index is 758. The molecule has 1 aliphatic rings. The van der Waals surface area contributed by atoms with Crippen LogP contribution in [0.5, 0.6) is 0 Å². The molecule has 0 N–H and O–H groups in total. The number of carbonyl (C=O) groups excluding carboxylic acids is 1. The second-order valence-corrected chi connectivity index (χ2v) is 6.06. The smallest absolute Gasteiger partial charge is 0.282 e. The zero-order valence-corrected chi connectivity index (χ0v) is 14.0. The zero-order valence-electron chi connectivity index (χ0n) is 14.0. The summed E-state index contributed by atoms with van der Waals surface area (Å²) >= 11 is 0. The van der Waals surface area contributed by atoms with Crippen LogP contribution in [-0.2, 0) is 0 Å². The predicted molar refractivity (Wildman–Crippen MR) is 93.2 cm³/mol. The highest BCUT2D eigenvalue weighted by atomic mass is 16.6. The van der Waals surface area contributed by atoms with Gasteiger partial charge in [0.15, 0.2) is 0 Å². The molecule has 1 aromatic carbocycles. The number of aromatic nitrogens is 1. The van der Waals surface area contributed by atoms with Gasteiger partial charge in [-0.2, -0.15) is 0 Å². The van der Waals surface area contributed by atoms with E-state index >= 15 is 0 Å². The van der Waals surface area contributed by atoms with E-state index < -0.39 is 4.92 Å². The molecule has 1 aliphatic heterocycles. The van der Waals surface area contributed by atoms with Crippen molar-refractivity contribution in [3.63, 3.8) is 0 Å². The van der Waals surface area contributed by atoms with E-state index in [1.807, 2.05) is 18.3 Å². The SMILES string of the molecule is CC(c1cccnc1)N1CCN(C(=O)c2ccccc2[N+](=O)[O-])CC1. The molecular weight excluding hydrogens is 320 g/mol. The van der Waals surface area contributed by atoms with Crippen molar-refractivity contribution < 1.29 is 9.72 Å². The van der Waals surface area contributed by atoms with Crippen molar-refractivity contribution >= 4 is 11.6 Å². The summed E-state index contributed by atoms with van der Waals surface area (Å²) in [7, 11) is 0. The van der Waals surface area contributed by atoms with Gasteiger partial charge in [0.05, 0.1) is 4.92 Å². The van der Waals surface area contributed by atoms with Crippen LogP contribution in [0.4, 0.5) is 5.69 Å². The molecule has 7 nitrogen and oxygen atoms in total. The summed E-state index contributed by atoms with van der Waals surface area (Å²) in [6.45, 7) is 4.67. The van der Waals surface area contributed by atoms with Gasteiger partial charge in [-0.15, -0.1) is 0 Å². The Morgan fingerprint density at radius 2 is 1.88 bits per heavy atom. The molecule has 7 heteroatoms. The number of pyridine rings is 1. The second-order valence-electron chi connectivity index (χ2n) is 6.06. The van der Waals surface area contributed by atoms with Crippen LogP contribution in [0, 0.1) is 10.1 Å². The largest absolute Gasteiger partial charge is 0.336 e. The minimum absolute atomic E-state index is 0.140. The first-order chi connectivity index (χ1) is 12.1. The minimum Gasteiger partial charge on any atom is -0.336 e. The number of piperazine rings is 1. The first kappa shape index (κ1) is 17.0. The zero-order chi connectivity index (χ0) is 17.8. The summed E-state index contributed by atoms with van der Waals surface area (Å²) in [5.74, 6) is -0.277. The Morgan fingerprint density at radius 3 is 2.52 bits per heavy atom. The van der Waals surface area contributed by atoms with Crippen LogP contribution in [0.25, 0.3) is 0 Å². The van der Waals surface area contributed by atoms with Crippen LogP contribution in [0.3, 0.4) is 0 Å². The van der Waals surface area contributed by atoms with Gasteiger partial charge in [0, 0.05) is 50.7 Å². The number of nitro benzene ring substituents is 1. The molecule has 1 saturated heterocycles. The first-order valence-corrected chi connectivity index (χ1v) is 8.24. The lowest BCUT2D eigenvalue weighted by Crippen LogP contribution is -2.49. The van der Waals surface area contributed by atoms with E-state index in [-0.39, 0.29) is 23.2 Å². The molecule has 1 atom stereocenters. The average Bonchev–Trinajstić information content (AvgIpc) is 2.67. The Balaban J connectivity index is 1.66. The maximum atomic E-state index is 12.7. The molecule has 3 rings (SSSR count). The number of benzene rings is 1. The van der Waals surface area contributed by atoms with Crippen molar-refractivity contribution in [2.75, 3.05) is 26.2 Å². The predicted octanol–water partition coefficient (Wildman–Crippen LogP) is 2.51. The van der Waals surface area contributed by atoms with Gasteiger partial charge >= 0.3 is 0 Å². The van der Waals surface area contributed by atoms with Crippen molar-refractivity contribution in [3.8, 4) is 0 Å². The van der Waals surface area contributed by atoms with E-state index in [2.05, 4.69) is 16.8 Å². The fraction of sp³-hybridized carbons (Fsp3) is 0.333. The third-order valence-corrected chi connectivity index (χ3v) is 4.65. The maximum Gasteiger partial charge on any atom is 0.282 e. The third kappa shape index (κ3) is 3.66. The number of hydrogen-bond donors (Lipinski definition) is 0. The summed E-state index contributed by atoms with van der Waals surface area (Å²) < 4.78 is 0. The monoisotopic (exact) mass is 340 g/mol. The Labute approximate surface area is 146 Å². The molecular formula is C18H20N4O3. The van der Waals surface area contributed by atoms with Crippen LogP contribution < -0.4 is 0 Å². The second kappa shape index (κ2) is 7.40. The Kier molecular flexibility index (Phi) is 5.04. The fourth-order valence-corrected chi connectivity index (χ4v) is 3.13. The quantitative estimate of drug-likeness (QED) is 0.631. The fourth-order valence-electron chi connectivity index (χ4n) is 3.13. The van der Waals surface area contributed by atoms with E-state index in [9.17, 15) is 14.9 Å². The molecule has 0 aliphatic carbocycles. The highest BCUT2D eigenvalue weighted by Crippen LogP contribution is 2.23. The molecule has 1 unspecified atom stereocenters. The van der Waals surface area contributed by atoms with E-state index in [0.29, 0.717) is 13.1 Å². The van der Waals surface area contributed by atoms with Crippen LogP contribution in [-0.4, -0.2) is 51.8 Å². The number of hydrogen-bond acceptors (Lipinski definition) is 5. The van der Waals surface area contributed by atoms with Gasteiger partial charge in [-0.3, -0.25) is 24.8 Å². The normalized spacial score (nSPS) is 16.4. The van der Waals surface area contributed by atoms with Crippen LogP contribution >= 0.6 is 0 Å². The molecule has 0 saturated carbocycles. The molecule has 0 bridgehead atoms. The van der Waals surface area contributed by atoms with Crippen molar-refractivity contribution in [3.05, 3.63) is 70.0 Å². The van der Waals surface area contributed by atoms with Gasteiger partial charge in [-0.25, -0.2) is 0 Å². The highest BCUT2D eigenvalue weighted by Gasteiger charge is 2.28. The Morgan fingerprint density at radius 1 is 1.16 bits per heavy atom. The number of nitro groups is 1. The minimum atomic E-state index is -0.506. The van der Waals surface area contributed by atoms with E-state index in [1.165, 1.54) is 12.1 Å². The van der Waals surface area contributed by atoms with Gasteiger partial charge in [0.2, 0.25) is 0 Å². The van der Waals surface area contributed by atoms with Crippen molar-refractivity contribution in [2.24, 2.45) is 0 Å². The first-order valence-electron chi connectivity index (χ1n) is 8.24. The van der Waals surface area contributed by atoms with Gasteiger partial charge in [0.25, 0.3) is 11.6 Å². The van der Waals surface area contributed by atoms with Gasteiger partial charge in [-0.1, -0.05) is 18.2 Å². The lowest BCUT2D eigenvalue weighted by molar-refractivity contribution is -0.385. The molecule has 2 aromatic rings. The number of rotatable bonds is 4. The summed E-state index contributed by atoms with van der Waals surface area (Å²) in [5, 5.41) is 11.1. The van der Waals surface area contributed by atoms with Gasteiger partial charge in [0.1, 0.15) is 5.56 Å². The van der Waals surface area contributed by atoms with Crippen LogP contribution in [0.2, 0.25) is 0 Å². The van der Waals surface area contributed by atoms with Crippen LogP contribution in [0.15, 0.2) is 48.8 Å². The average molecular weight is 340 g/mol. The van der Waals surface area contributed by atoms with Gasteiger partial charge in [-0.05, 0) is 24.6 Å². The number of carbonyl (C=O) groups is 1. The third-order valence-electron chi connectivity index (χ3n) is 4.65. The number of para-hydroxylation sites is 1. The highest BCUT2D eigenvalue weighted by molar-refractivity contribution is 5.98. The molecule has 2 heterocycles. The maximum absolute atomic E-state index is 12.7. The summed E-state index contributed by atoms with van der Waals surface area (Å²) in [6, 6.07) is 10.3. The Hall–Kier alpha value is -2.80. The van der Waals surface area contributed by atoms with Crippen LogP contribution in [0.1, 0.15) is 28.9 Å². The molecule has 0 spiro atoms. The van der Waals surface area contributed by atoms with Crippen molar-refractivity contribution in [2.45, 2.75) is 13.0 Å². The number of amides is 1. The molecule has 1 aromatic heterocycles. The topological polar surface area (TPSA) is 79.6 Å².